The summed E-state index contributed by atoms with van der Waals surface area (Å²) in [6.45, 7) is 5.94. The number of benzene rings is 1. The number of aromatic nitrogens is 1. The van der Waals surface area contributed by atoms with Crippen LogP contribution < -0.4 is 11.1 Å². The lowest BCUT2D eigenvalue weighted by Gasteiger charge is -2.32. The van der Waals surface area contributed by atoms with E-state index < -0.39 is 0 Å². The Morgan fingerprint density at radius 1 is 1.08 bits per heavy atom. The standard InChI is InChI=1S/C19H25N5O/c1-23-9-11-24(12-10-23)14-16-7-5-15(6-8-16)13-21-19(25)17-3-2-4-18(20)22-17/h2-8H,9-14H2,1H3,(H2,20,22)(H,21,25). The molecular formula is C19H25N5O. The molecule has 3 N–H and O–H groups in total. The van der Waals surface area contributed by atoms with Crippen molar-refractivity contribution in [3.8, 4) is 0 Å². The minimum absolute atomic E-state index is 0.214. The van der Waals surface area contributed by atoms with Crippen molar-refractivity contribution in [2.75, 3.05) is 39.0 Å². The van der Waals surface area contributed by atoms with Gasteiger partial charge in [0, 0.05) is 39.3 Å². The third-order valence-corrected chi connectivity index (χ3v) is 4.48. The van der Waals surface area contributed by atoms with Gasteiger partial charge in [-0.05, 0) is 30.3 Å². The van der Waals surface area contributed by atoms with Gasteiger partial charge in [0.15, 0.2) is 0 Å². The molecule has 0 aliphatic carbocycles. The van der Waals surface area contributed by atoms with Crippen LogP contribution in [-0.4, -0.2) is 53.9 Å². The van der Waals surface area contributed by atoms with Gasteiger partial charge in [-0.15, -0.1) is 0 Å². The second-order valence-electron chi connectivity index (χ2n) is 6.53. The number of likely N-dealkylation sites (N-methyl/N-ethyl adjacent to an activating group) is 1. The quantitative estimate of drug-likeness (QED) is 0.860. The van der Waals surface area contributed by atoms with E-state index in [-0.39, 0.29) is 5.91 Å². The molecule has 3 rings (SSSR count). The number of nitrogens with one attached hydrogen (secondary N) is 1. The number of nitrogen functional groups attached to an aromatic ring is 1. The molecule has 6 nitrogen and oxygen atoms in total. The number of hydrogen-bond donors (Lipinski definition) is 2. The van der Waals surface area contributed by atoms with Crippen LogP contribution in [0.25, 0.3) is 0 Å². The van der Waals surface area contributed by atoms with E-state index in [4.69, 9.17) is 5.73 Å². The third-order valence-electron chi connectivity index (χ3n) is 4.48. The SMILES string of the molecule is CN1CCN(Cc2ccc(CNC(=O)c3cccc(N)n3)cc2)CC1. The van der Waals surface area contributed by atoms with E-state index in [1.165, 1.54) is 5.56 Å². The molecule has 132 valence electrons. The van der Waals surface area contributed by atoms with E-state index in [0.717, 1.165) is 38.3 Å². The van der Waals surface area contributed by atoms with Gasteiger partial charge in [0.2, 0.25) is 0 Å². The van der Waals surface area contributed by atoms with Crippen molar-refractivity contribution in [1.82, 2.24) is 20.1 Å². The van der Waals surface area contributed by atoms with Gasteiger partial charge in [-0.25, -0.2) is 4.98 Å². The number of nitrogens with zero attached hydrogens (tertiary/aromatic N) is 3. The Bertz CT molecular complexity index is 708. The van der Waals surface area contributed by atoms with Gasteiger partial charge in [0.1, 0.15) is 11.5 Å². The van der Waals surface area contributed by atoms with Crippen LogP contribution in [0.3, 0.4) is 0 Å². The van der Waals surface area contributed by atoms with Crippen molar-refractivity contribution < 1.29 is 4.79 Å². The van der Waals surface area contributed by atoms with Crippen molar-refractivity contribution in [3.05, 3.63) is 59.3 Å². The van der Waals surface area contributed by atoms with Crippen LogP contribution in [-0.2, 0) is 13.1 Å². The summed E-state index contributed by atoms with van der Waals surface area (Å²) in [7, 11) is 2.17. The van der Waals surface area contributed by atoms with E-state index in [1.54, 1.807) is 18.2 Å². The molecule has 6 heteroatoms. The summed E-state index contributed by atoms with van der Waals surface area (Å²) >= 11 is 0. The highest BCUT2D eigenvalue weighted by atomic mass is 16.1. The number of anilines is 1. The molecule has 1 aliphatic rings. The number of pyridine rings is 1. The van der Waals surface area contributed by atoms with Gasteiger partial charge in [-0.2, -0.15) is 0 Å². The Morgan fingerprint density at radius 3 is 2.44 bits per heavy atom. The Morgan fingerprint density at radius 2 is 1.76 bits per heavy atom. The maximum atomic E-state index is 12.1. The van der Waals surface area contributed by atoms with Crippen LogP contribution in [0.1, 0.15) is 21.6 Å². The predicted octanol–water partition coefficient (Wildman–Crippen LogP) is 1.34. The van der Waals surface area contributed by atoms with Crippen LogP contribution in [0.5, 0.6) is 0 Å². The predicted molar refractivity (Wildman–Crippen MR) is 99.0 cm³/mol. The highest BCUT2D eigenvalue weighted by Crippen LogP contribution is 2.10. The Labute approximate surface area is 148 Å². The fraction of sp³-hybridized carbons (Fsp3) is 0.368. The molecule has 2 aromatic rings. The first-order chi connectivity index (χ1) is 12.1. The van der Waals surface area contributed by atoms with Crippen molar-refractivity contribution in [2.24, 2.45) is 0 Å². The van der Waals surface area contributed by atoms with E-state index in [0.29, 0.717) is 18.1 Å². The fourth-order valence-electron chi connectivity index (χ4n) is 2.88. The minimum Gasteiger partial charge on any atom is -0.384 e. The monoisotopic (exact) mass is 339 g/mol. The van der Waals surface area contributed by atoms with Crippen LogP contribution >= 0.6 is 0 Å². The summed E-state index contributed by atoms with van der Waals surface area (Å²) < 4.78 is 0. The number of nitrogens with two attached hydrogens (primary N) is 1. The summed E-state index contributed by atoms with van der Waals surface area (Å²) in [5.41, 5.74) is 8.32. The molecule has 0 spiro atoms. The van der Waals surface area contributed by atoms with Gasteiger partial charge in [-0.1, -0.05) is 30.3 Å². The average Bonchev–Trinajstić information content (AvgIpc) is 2.63. The molecule has 0 radical (unpaired) electrons. The fourth-order valence-corrected chi connectivity index (χ4v) is 2.88. The van der Waals surface area contributed by atoms with Gasteiger partial charge in [0.05, 0.1) is 0 Å². The first-order valence-corrected chi connectivity index (χ1v) is 8.59. The molecule has 0 atom stereocenters. The molecule has 0 unspecified atom stereocenters. The first-order valence-electron chi connectivity index (χ1n) is 8.59. The van der Waals surface area contributed by atoms with Gasteiger partial charge < -0.3 is 16.0 Å². The maximum Gasteiger partial charge on any atom is 0.270 e. The lowest BCUT2D eigenvalue weighted by Crippen LogP contribution is -2.43. The molecule has 1 aromatic heterocycles. The molecule has 0 saturated carbocycles. The molecule has 1 amide bonds. The number of rotatable bonds is 5. The molecule has 25 heavy (non-hydrogen) atoms. The summed E-state index contributed by atoms with van der Waals surface area (Å²) in [6.07, 6.45) is 0. The number of hydrogen-bond acceptors (Lipinski definition) is 5. The van der Waals surface area contributed by atoms with Crippen molar-refractivity contribution in [3.63, 3.8) is 0 Å². The van der Waals surface area contributed by atoms with E-state index in [2.05, 4.69) is 51.4 Å². The van der Waals surface area contributed by atoms with Crippen LogP contribution in [0.15, 0.2) is 42.5 Å². The molecule has 1 saturated heterocycles. The average molecular weight is 339 g/mol. The highest BCUT2D eigenvalue weighted by molar-refractivity contribution is 5.92. The normalized spacial score (nSPS) is 15.9. The zero-order valence-electron chi connectivity index (χ0n) is 14.6. The molecular weight excluding hydrogens is 314 g/mol. The van der Waals surface area contributed by atoms with Crippen LogP contribution in [0.2, 0.25) is 0 Å². The highest BCUT2D eigenvalue weighted by Gasteiger charge is 2.13. The summed E-state index contributed by atoms with van der Waals surface area (Å²) in [5, 5.41) is 2.88. The lowest BCUT2D eigenvalue weighted by atomic mass is 10.1. The maximum absolute atomic E-state index is 12.1. The van der Waals surface area contributed by atoms with Gasteiger partial charge in [-0.3, -0.25) is 9.69 Å². The van der Waals surface area contributed by atoms with E-state index >= 15 is 0 Å². The second-order valence-corrected chi connectivity index (χ2v) is 6.53. The zero-order chi connectivity index (χ0) is 17.6. The number of carbonyl (C=O) groups is 1. The molecule has 1 fully saturated rings. The summed E-state index contributed by atoms with van der Waals surface area (Å²) in [4.78, 5) is 20.9. The smallest absolute Gasteiger partial charge is 0.270 e. The van der Waals surface area contributed by atoms with Crippen molar-refractivity contribution >= 4 is 11.7 Å². The Kier molecular flexibility index (Phi) is 5.63. The largest absolute Gasteiger partial charge is 0.384 e. The second kappa shape index (κ2) is 8.09. The van der Waals surface area contributed by atoms with Gasteiger partial charge >= 0.3 is 0 Å². The molecule has 1 aliphatic heterocycles. The van der Waals surface area contributed by atoms with E-state index in [9.17, 15) is 4.79 Å². The first kappa shape index (κ1) is 17.4. The lowest BCUT2D eigenvalue weighted by molar-refractivity contribution is 0.0946. The minimum atomic E-state index is -0.214. The number of amides is 1. The number of piperazine rings is 1. The number of carbonyl (C=O) groups excluding carboxylic acids is 1. The Hall–Kier alpha value is -2.44. The zero-order valence-corrected chi connectivity index (χ0v) is 14.6. The van der Waals surface area contributed by atoms with Crippen molar-refractivity contribution in [2.45, 2.75) is 13.1 Å². The molecule has 0 bridgehead atoms. The molecule has 2 heterocycles. The summed E-state index contributed by atoms with van der Waals surface area (Å²) in [5.74, 6) is 0.134. The topological polar surface area (TPSA) is 74.5 Å². The Balaban J connectivity index is 1.50. The van der Waals surface area contributed by atoms with E-state index in [1.807, 2.05) is 0 Å². The van der Waals surface area contributed by atoms with Crippen LogP contribution in [0.4, 0.5) is 5.82 Å². The van der Waals surface area contributed by atoms with Gasteiger partial charge in [0.25, 0.3) is 5.91 Å². The third kappa shape index (κ3) is 5.01. The van der Waals surface area contributed by atoms with Crippen LogP contribution in [0, 0.1) is 0 Å². The molecule has 1 aromatic carbocycles. The van der Waals surface area contributed by atoms with Crippen molar-refractivity contribution in [1.29, 1.82) is 0 Å². The summed E-state index contributed by atoms with van der Waals surface area (Å²) in [6, 6.07) is 13.5.